The summed E-state index contributed by atoms with van der Waals surface area (Å²) in [7, 11) is 6.09. The topological polar surface area (TPSA) is 30.0 Å². The minimum atomic E-state index is 0.259. The average Bonchev–Trinajstić information content (AvgIpc) is 2.56. The number of piperazine rings is 1. The van der Waals surface area contributed by atoms with Gasteiger partial charge in [-0.2, -0.15) is 0 Å². The van der Waals surface area contributed by atoms with Crippen LogP contribution in [0.5, 0.6) is 5.75 Å². The molecule has 1 fully saturated rings. The highest BCUT2D eigenvalue weighted by Crippen LogP contribution is 2.40. The number of hydrogen-bond donors (Lipinski definition) is 1. The van der Waals surface area contributed by atoms with Crippen molar-refractivity contribution in [2.45, 2.75) is 13.0 Å². The molecule has 0 spiro atoms. The summed E-state index contributed by atoms with van der Waals surface area (Å²) in [6.45, 7) is 5.00. The Balaban J connectivity index is 2.04. The lowest BCUT2D eigenvalue weighted by Gasteiger charge is -2.43. The molecule has 1 saturated heterocycles. The average molecular weight is 360 g/mol. The molecule has 5 heteroatoms. The van der Waals surface area contributed by atoms with Crippen molar-refractivity contribution in [3.05, 3.63) is 52.5 Å². The van der Waals surface area contributed by atoms with Crippen LogP contribution in [0.2, 0.25) is 5.02 Å². The largest absolute Gasteiger partial charge is 0.506 e. The Bertz CT molecular complexity index is 745. The summed E-state index contributed by atoms with van der Waals surface area (Å²) in [5.41, 5.74) is 4.42. The number of benzene rings is 2. The Labute approximate surface area is 155 Å². The molecule has 0 amide bonds. The zero-order valence-electron chi connectivity index (χ0n) is 15.3. The van der Waals surface area contributed by atoms with Gasteiger partial charge in [-0.1, -0.05) is 23.7 Å². The van der Waals surface area contributed by atoms with Crippen LogP contribution in [0, 0.1) is 6.92 Å². The standard InChI is InChI=1S/C20H26ClN3O/c1-14-17(9-10-19(25)20(14)22(2)3)24-12-11-23(4)13-18(24)15-5-7-16(21)8-6-15/h5-10,18,25H,11-13H2,1-4H3. The van der Waals surface area contributed by atoms with E-state index in [0.29, 0.717) is 5.75 Å². The number of likely N-dealkylation sites (N-methyl/N-ethyl adjacent to an activating group) is 1. The van der Waals surface area contributed by atoms with Crippen LogP contribution in [0.3, 0.4) is 0 Å². The third kappa shape index (κ3) is 3.55. The van der Waals surface area contributed by atoms with Gasteiger partial charge in [0.2, 0.25) is 0 Å². The lowest BCUT2D eigenvalue weighted by Crippen LogP contribution is -2.47. The van der Waals surface area contributed by atoms with E-state index < -0.39 is 0 Å². The van der Waals surface area contributed by atoms with E-state index in [2.05, 4.69) is 35.9 Å². The third-order valence-corrected chi connectivity index (χ3v) is 5.23. The fraction of sp³-hybridized carbons (Fsp3) is 0.400. The monoisotopic (exact) mass is 359 g/mol. The lowest BCUT2D eigenvalue weighted by molar-refractivity contribution is 0.269. The minimum absolute atomic E-state index is 0.259. The molecule has 0 radical (unpaired) electrons. The normalized spacial score (nSPS) is 18.4. The number of anilines is 2. The van der Waals surface area contributed by atoms with E-state index in [1.165, 1.54) is 11.3 Å². The zero-order valence-corrected chi connectivity index (χ0v) is 16.1. The molecule has 0 bridgehead atoms. The smallest absolute Gasteiger partial charge is 0.139 e. The van der Waals surface area contributed by atoms with Gasteiger partial charge in [-0.15, -0.1) is 0 Å². The van der Waals surface area contributed by atoms with E-state index in [9.17, 15) is 5.11 Å². The Morgan fingerprint density at radius 1 is 1.08 bits per heavy atom. The molecular weight excluding hydrogens is 334 g/mol. The van der Waals surface area contributed by atoms with Crippen molar-refractivity contribution in [3.8, 4) is 5.75 Å². The second-order valence-corrected chi connectivity index (χ2v) is 7.43. The fourth-order valence-electron chi connectivity index (χ4n) is 3.73. The SMILES string of the molecule is Cc1c(N2CCN(C)CC2c2ccc(Cl)cc2)ccc(O)c1N(C)C. The van der Waals surface area contributed by atoms with Crippen molar-refractivity contribution in [2.24, 2.45) is 0 Å². The van der Waals surface area contributed by atoms with Crippen LogP contribution in [0.4, 0.5) is 11.4 Å². The zero-order chi connectivity index (χ0) is 18.1. The highest BCUT2D eigenvalue weighted by molar-refractivity contribution is 6.30. The van der Waals surface area contributed by atoms with Gasteiger partial charge in [-0.3, -0.25) is 0 Å². The van der Waals surface area contributed by atoms with Crippen LogP contribution in [0.15, 0.2) is 36.4 Å². The first kappa shape index (κ1) is 17.9. The van der Waals surface area contributed by atoms with Crippen molar-refractivity contribution in [1.29, 1.82) is 0 Å². The maximum Gasteiger partial charge on any atom is 0.139 e. The van der Waals surface area contributed by atoms with Gasteiger partial charge in [-0.25, -0.2) is 0 Å². The van der Waals surface area contributed by atoms with Crippen LogP contribution >= 0.6 is 11.6 Å². The van der Waals surface area contributed by atoms with Gasteiger partial charge in [0.15, 0.2) is 0 Å². The molecule has 134 valence electrons. The number of halogens is 1. The molecule has 4 nitrogen and oxygen atoms in total. The van der Waals surface area contributed by atoms with Gasteiger partial charge in [0, 0.05) is 44.4 Å². The molecule has 1 aliphatic rings. The maximum absolute atomic E-state index is 10.3. The third-order valence-electron chi connectivity index (χ3n) is 4.98. The quantitative estimate of drug-likeness (QED) is 0.899. The van der Waals surface area contributed by atoms with Crippen LogP contribution in [0.25, 0.3) is 0 Å². The highest BCUT2D eigenvalue weighted by Gasteiger charge is 2.29. The minimum Gasteiger partial charge on any atom is -0.506 e. The molecule has 2 aromatic carbocycles. The summed E-state index contributed by atoms with van der Waals surface area (Å²) in [6.07, 6.45) is 0. The number of phenolic OH excluding ortho intramolecular Hbond substituents is 1. The van der Waals surface area contributed by atoms with Crippen molar-refractivity contribution in [1.82, 2.24) is 4.90 Å². The Hall–Kier alpha value is -1.91. The van der Waals surface area contributed by atoms with Gasteiger partial charge >= 0.3 is 0 Å². The Morgan fingerprint density at radius 2 is 1.76 bits per heavy atom. The second-order valence-electron chi connectivity index (χ2n) is 6.99. The molecule has 0 aliphatic carbocycles. The van der Waals surface area contributed by atoms with Crippen molar-refractivity contribution in [2.75, 3.05) is 50.6 Å². The summed E-state index contributed by atoms with van der Waals surface area (Å²) in [4.78, 5) is 6.78. The Morgan fingerprint density at radius 3 is 2.40 bits per heavy atom. The number of rotatable bonds is 3. The van der Waals surface area contributed by atoms with E-state index in [4.69, 9.17) is 11.6 Å². The number of hydrogen-bond acceptors (Lipinski definition) is 4. The molecule has 1 heterocycles. The first-order valence-corrected chi connectivity index (χ1v) is 8.97. The number of aromatic hydroxyl groups is 1. The molecule has 25 heavy (non-hydrogen) atoms. The molecule has 3 rings (SSSR count). The van der Waals surface area contributed by atoms with Gasteiger partial charge in [0.25, 0.3) is 0 Å². The first-order chi connectivity index (χ1) is 11.9. The van der Waals surface area contributed by atoms with Gasteiger partial charge < -0.3 is 19.8 Å². The first-order valence-electron chi connectivity index (χ1n) is 8.59. The second kappa shape index (κ2) is 7.14. The molecular formula is C20H26ClN3O. The van der Waals surface area contributed by atoms with Gasteiger partial charge in [0.1, 0.15) is 5.75 Å². The molecule has 1 unspecified atom stereocenters. The van der Waals surface area contributed by atoms with Crippen LogP contribution in [-0.2, 0) is 0 Å². The highest BCUT2D eigenvalue weighted by atomic mass is 35.5. The van der Waals surface area contributed by atoms with E-state index in [-0.39, 0.29) is 6.04 Å². The predicted molar refractivity (Wildman–Crippen MR) is 106 cm³/mol. The summed E-state index contributed by atoms with van der Waals surface area (Å²) in [5.74, 6) is 0.323. The summed E-state index contributed by atoms with van der Waals surface area (Å²) >= 11 is 6.07. The van der Waals surface area contributed by atoms with Crippen LogP contribution in [0.1, 0.15) is 17.2 Å². The van der Waals surface area contributed by atoms with Crippen molar-refractivity contribution < 1.29 is 5.11 Å². The van der Waals surface area contributed by atoms with Gasteiger partial charge in [-0.05, 0) is 49.4 Å². The molecule has 1 atom stereocenters. The van der Waals surface area contributed by atoms with E-state index in [1.807, 2.05) is 37.2 Å². The van der Waals surface area contributed by atoms with Crippen LogP contribution in [-0.4, -0.2) is 50.8 Å². The van der Waals surface area contributed by atoms with E-state index in [1.54, 1.807) is 6.07 Å². The van der Waals surface area contributed by atoms with Gasteiger partial charge in [0.05, 0.1) is 11.7 Å². The fourth-order valence-corrected chi connectivity index (χ4v) is 3.85. The predicted octanol–water partition coefficient (Wildman–Crippen LogP) is 3.91. The van der Waals surface area contributed by atoms with E-state index in [0.717, 1.165) is 35.9 Å². The number of phenols is 1. The van der Waals surface area contributed by atoms with Crippen molar-refractivity contribution in [3.63, 3.8) is 0 Å². The lowest BCUT2D eigenvalue weighted by atomic mass is 9.99. The molecule has 0 saturated carbocycles. The number of nitrogens with zero attached hydrogens (tertiary/aromatic N) is 3. The molecule has 1 aliphatic heterocycles. The summed E-state index contributed by atoms with van der Waals surface area (Å²) in [5, 5.41) is 11.0. The summed E-state index contributed by atoms with van der Waals surface area (Å²) < 4.78 is 0. The van der Waals surface area contributed by atoms with Crippen molar-refractivity contribution >= 4 is 23.0 Å². The molecule has 0 aromatic heterocycles. The Kier molecular flexibility index (Phi) is 5.11. The maximum atomic E-state index is 10.3. The molecule has 1 N–H and O–H groups in total. The molecule has 2 aromatic rings. The summed E-state index contributed by atoms with van der Waals surface area (Å²) in [6, 6.07) is 12.2. The van der Waals surface area contributed by atoms with E-state index >= 15 is 0 Å². The van der Waals surface area contributed by atoms with Crippen LogP contribution < -0.4 is 9.80 Å².